The van der Waals surface area contributed by atoms with Crippen molar-refractivity contribution in [3.8, 4) is 0 Å². The Labute approximate surface area is 141 Å². The molecule has 0 aliphatic rings. The van der Waals surface area contributed by atoms with E-state index in [2.05, 4.69) is 55.5 Å². The van der Waals surface area contributed by atoms with E-state index in [1.54, 1.807) is 0 Å². The predicted octanol–water partition coefficient (Wildman–Crippen LogP) is 2.24. The molecule has 1 heterocycles. The topological polar surface area (TPSA) is 93.2 Å². The highest BCUT2D eigenvalue weighted by atomic mass is 16.6. The van der Waals surface area contributed by atoms with Crippen LogP contribution in [0.4, 0.5) is 5.69 Å². The summed E-state index contributed by atoms with van der Waals surface area (Å²) in [7, 11) is 0. The van der Waals surface area contributed by atoms with Crippen LogP contribution in [-0.4, -0.2) is 32.5 Å². The summed E-state index contributed by atoms with van der Waals surface area (Å²) in [6.45, 7) is 6.79. The molecular weight excluding hydrogens is 308 g/mol. The molecule has 0 saturated heterocycles. The second-order valence-corrected chi connectivity index (χ2v) is 6.39. The van der Waals surface area contributed by atoms with E-state index in [1.165, 1.54) is 22.6 Å². The van der Waals surface area contributed by atoms with Gasteiger partial charge in [0.15, 0.2) is 0 Å². The van der Waals surface area contributed by atoms with Crippen molar-refractivity contribution < 1.29 is 10.0 Å². The lowest BCUT2D eigenvalue weighted by atomic mass is 9.93. The molecule has 0 aliphatic carbocycles. The molecule has 0 bridgehead atoms. The van der Waals surface area contributed by atoms with Gasteiger partial charge >= 0.3 is 5.69 Å². The van der Waals surface area contributed by atoms with Crippen molar-refractivity contribution in [2.24, 2.45) is 0 Å². The average Bonchev–Trinajstić information content (AvgIpc) is 3.02. The molecule has 24 heavy (non-hydrogen) atoms. The number of hydrogen-bond acceptors (Lipinski definition) is 5. The van der Waals surface area contributed by atoms with Crippen LogP contribution >= 0.6 is 0 Å². The summed E-state index contributed by atoms with van der Waals surface area (Å²) in [4.78, 5) is 10.1. The van der Waals surface area contributed by atoms with E-state index in [1.807, 2.05) is 0 Å². The largest absolute Gasteiger partial charge is 0.390 e. The lowest BCUT2D eigenvalue weighted by Gasteiger charge is -2.28. The monoisotopic (exact) mass is 332 g/mol. The smallest absolute Gasteiger partial charge is 0.306 e. The van der Waals surface area contributed by atoms with Gasteiger partial charge in [-0.15, -0.1) is 0 Å². The van der Waals surface area contributed by atoms with Crippen molar-refractivity contribution in [2.75, 3.05) is 6.54 Å². The quantitative estimate of drug-likeness (QED) is 0.571. The maximum Gasteiger partial charge on any atom is 0.306 e. The number of rotatable bonds is 8. The van der Waals surface area contributed by atoms with Crippen LogP contribution in [0.1, 0.15) is 31.9 Å². The average molecular weight is 332 g/mol. The first-order valence-corrected chi connectivity index (χ1v) is 8.01. The van der Waals surface area contributed by atoms with E-state index in [9.17, 15) is 15.2 Å². The number of aromatic nitrogens is 2. The molecule has 7 heteroatoms. The van der Waals surface area contributed by atoms with E-state index in [0.29, 0.717) is 6.54 Å². The normalized spacial score (nSPS) is 13.0. The van der Waals surface area contributed by atoms with E-state index in [0.717, 1.165) is 12.0 Å². The van der Waals surface area contributed by atoms with E-state index < -0.39 is 11.0 Å². The molecule has 2 N–H and O–H groups in total. The van der Waals surface area contributed by atoms with Gasteiger partial charge in [-0.1, -0.05) is 31.2 Å². The van der Waals surface area contributed by atoms with Crippen LogP contribution < -0.4 is 5.32 Å². The van der Waals surface area contributed by atoms with Crippen LogP contribution in [0.25, 0.3) is 0 Å². The second-order valence-electron chi connectivity index (χ2n) is 6.39. The summed E-state index contributed by atoms with van der Waals surface area (Å²) in [5.41, 5.74) is 2.06. The van der Waals surface area contributed by atoms with Crippen LogP contribution in [0.5, 0.6) is 0 Å². The Bertz CT molecular complexity index is 679. The zero-order valence-corrected chi connectivity index (χ0v) is 14.3. The summed E-state index contributed by atoms with van der Waals surface area (Å²) in [5, 5.41) is 28.0. The molecule has 2 rings (SSSR count). The van der Waals surface area contributed by atoms with Gasteiger partial charge in [-0.05, 0) is 31.4 Å². The highest BCUT2D eigenvalue weighted by molar-refractivity contribution is 5.27. The van der Waals surface area contributed by atoms with Crippen molar-refractivity contribution in [3.05, 3.63) is 57.9 Å². The molecule has 2 aromatic rings. The molecular formula is C17H24N4O3. The SMILES string of the molecule is CCc1ccc(C(C)(C)NCC(O)Cn2cc([N+](=O)[O-])cn2)cc1. The summed E-state index contributed by atoms with van der Waals surface area (Å²) < 4.78 is 1.38. The Morgan fingerprint density at radius 2 is 2.04 bits per heavy atom. The number of aliphatic hydroxyl groups is 1. The minimum Gasteiger partial charge on any atom is -0.390 e. The fourth-order valence-corrected chi connectivity index (χ4v) is 2.46. The predicted molar refractivity (Wildman–Crippen MR) is 91.7 cm³/mol. The third-order valence-corrected chi connectivity index (χ3v) is 4.09. The lowest BCUT2D eigenvalue weighted by Crippen LogP contribution is -2.42. The van der Waals surface area contributed by atoms with Crippen molar-refractivity contribution >= 4 is 5.69 Å². The zero-order valence-electron chi connectivity index (χ0n) is 14.3. The van der Waals surface area contributed by atoms with Crippen LogP contribution in [0.15, 0.2) is 36.7 Å². The van der Waals surface area contributed by atoms with Crippen LogP contribution in [0, 0.1) is 10.1 Å². The van der Waals surface area contributed by atoms with Crippen LogP contribution in [0.2, 0.25) is 0 Å². The summed E-state index contributed by atoms with van der Waals surface area (Å²) in [6.07, 6.45) is 2.80. The van der Waals surface area contributed by atoms with Gasteiger partial charge in [0, 0.05) is 12.1 Å². The Balaban J connectivity index is 1.91. The van der Waals surface area contributed by atoms with Gasteiger partial charge in [0.1, 0.15) is 12.4 Å². The molecule has 0 aliphatic heterocycles. The van der Waals surface area contributed by atoms with Gasteiger partial charge in [-0.2, -0.15) is 5.10 Å². The fraction of sp³-hybridized carbons (Fsp3) is 0.471. The van der Waals surface area contributed by atoms with Crippen molar-refractivity contribution in [2.45, 2.75) is 45.4 Å². The van der Waals surface area contributed by atoms with Gasteiger partial charge in [0.05, 0.1) is 17.6 Å². The van der Waals surface area contributed by atoms with E-state index >= 15 is 0 Å². The molecule has 0 fully saturated rings. The van der Waals surface area contributed by atoms with Gasteiger partial charge in [-0.25, -0.2) is 0 Å². The lowest BCUT2D eigenvalue weighted by molar-refractivity contribution is -0.385. The Kier molecular flexibility index (Phi) is 5.69. The number of aryl methyl sites for hydroxylation is 1. The highest BCUT2D eigenvalue weighted by Gasteiger charge is 2.21. The van der Waals surface area contributed by atoms with Crippen molar-refractivity contribution in [1.29, 1.82) is 0 Å². The first-order valence-electron chi connectivity index (χ1n) is 8.01. The van der Waals surface area contributed by atoms with E-state index in [4.69, 9.17) is 0 Å². The summed E-state index contributed by atoms with van der Waals surface area (Å²) >= 11 is 0. The van der Waals surface area contributed by atoms with Gasteiger partial charge in [0.25, 0.3) is 0 Å². The third kappa shape index (κ3) is 4.62. The number of nitrogens with zero attached hydrogens (tertiary/aromatic N) is 3. The first-order chi connectivity index (χ1) is 11.3. The van der Waals surface area contributed by atoms with Gasteiger partial charge in [0.2, 0.25) is 0 Å². The zero-order chi connectivity index (χ0) is 17.7. The Hall–Kier alpha value is -2.25. The molecule has 1 aromatic carbocycles. The number of benzene rings is 1. The van der Waals surface area contributed by atoms with Gasteiger partial charge in [-0.3, -0.25) is 14.8 Å². The minimum absolute atomic E-state index is 0.0773. The molecule has 1 aromatic heterocycles. The number of nitro groups is 1. The third-order valence-electron chi connectivity index (χ3n) is 4.09. The minimum atomic E-state index is -0.696. The van der Waals surface area contributed by atoms with Crippen molar-refractivity contribution in [1.82, 2.24) is 15.1 Å². The summed E-state index contributed by atoms with van der Waals surface area (Å²) in [6, 6.07) is 8.40. The number of aliphatic hydroxyl groups excluding tert-OH is 1. The number of nitrogens with one attached hydrogen (secondary N) is 1. The molecule has 130 valence electrons. The van der Waals surface area contributed by atoms with Crippen LogP contribution in [0.3, 0.4) is 0 Å². The molecule has 0 amide bonds. The highest BCUT2D eigenvalue weighted by Crippen LogP contribution is 2.20. The second kappa shape index (κ2) is 7.55. The van der Waals surface area contributed by atoms with Crippen molar-refractivity contribution in [3.63, 3.8) is 0 Å². The maximum atomic E-state index is 10.6. The van der Waals surface area contributed by atoms with E-state index in [-0.39, 0.29) is 17.8 Å². The Morgan fingerprint density at radius 3 is 2.58 bits per heavy atom. The molecule has 1 atom stereocenters. The summed E-state index contributed by atoms with van der Waals surface area (Å²) in [5.74, 6) is 0. The number of hydrogen-bond donors (Lipinski definition) is 2. The molecule has 0 spiro atoms. The molecule has 0 saturated carbocycles. The maximum absolute atomic E-state index is 10.6. The van der Waals surface area contributed by atoms with Crippen LogP contribution in [-0.2, 0) is 18.5 Å². The Morgan fingerprint density at radius 1 is 1.38 bits per heavy atom. The van der Waals surface area contributed by atoms with Gasteiger partial charge < -0.3 is 10.4 Å². The first kappa shape index (κ1) is 18.1. The standard InChI is InChI=1S/C17H24N4O3/c1-4-13-5-7-14(8-6-13)17(2,3)18-10-16(22)12-20-11-15(9-19-20)21(23)24/h5-9,11,16,18,22H,4,10,12H2,1-3H3. The molecule has 1 unspecified atom stereocenters. The fourth-order valence-electron chi connectivity index (χ4n) is 2.46. The molecule has 0 radical (unpaired) electrons. The molecule has 7 nitrogen and oxygen atoms in total.